The molecule has 2 nitrogen and oxygen atoms in total. The second kappa shape index (κ2) is 7.06. The maximum Gasteiger partial charge on any atom is 0.0107 e. The molecule has 1 unspecified atom stereocenters. The van der Waals surface area contributed by atoms with E-state index in [9.17, 15) is 0 Å². The van der Waals surface area contributed by atoms with E-state index in [1.807, 2.05) is 0 Å². The average molecular weight is 260 g/mol. The fourth-order valence-corrected chi connectivity index (χ4v) is 2.76. The molecule has 2 rings (SSSR count). The van der Waals surface area contributed by atoms with E-state index in [4.69, 9.17) is 0 Å². The number of likely N-dealkylation sites (N-methyl/N-ethyl adjacent to an activating group) is 1. The van der Waals surface area contributed by atoms with Crippen molar-refractivity contribution in [2.24, 2.45) is 0 Å². The highest BCUT2D eigenvalue weighted by Crippen LogP contribution is 2.36. The van der Waals surface area contributed by atoms with Crippen LogP contribution in [-0.2, 0) is 0 Å². The van der Waals surface area contributed by atoms with Gasteiger partial charge in [-0.25, -0.2) is 0 Å². The second-order valence-electron chi connectivity index (χ2n) is 5.97. The van der Waals surface area contributed by atoms with Gasteiger partial charge >= 0.3 is 0 Å². The molecule has 0 amide bonds. The molecule has 0 radical (unpaired) electrons. The van der Waals surface area contributed by atoms with Gasteiger partial charge in [-0.2, -0.15) is 0 Å². The number of hydrogen-bond donors (Lipinski definition) is 1. The molecule has 1 atom stereocenters. The summed E-state index contributed by atoms with van der Waals surface area (Å²) in [5, 5.41) is 3.69. The first-order chi connectivity index (χ1) is 9.20. The Morgan fingerprint density at radius 3 is 2.58 bits per heavy atom. The summed E-state index contributed by atoms with van der Waals surface area (Å²) in [5.74, 6) is 0.783. The molecule has 0 aromatic heterocycles. The molecule has 0 bridgehead atoms. The van der Waals surface area contributed by atoms with Gasteiger partial charge in [0.25, 0.3) is 0 Å². The fraction of sp³-hybridized carbons (Fsp3) is 0.647. The summed E-state index contributed by atoms with van der Waals surface area (Å²) in [6.45, 7) is 6.83. The lowest BCUT2D eigenvalue weighted by molar-refractivity contribution is 0.230. The maximum absolute atomic E-state index is 3.69. The first-order valence-corrected chi connectivity index (χ1v) is 7.69. The van der Waals surface area contributed by atoms with E-state index in [1.165, 1.54) is 24.8 Å². The van der Waals surface area contributed by atoms with E-state index in [0.717, 1.165) is 25.0 Å². The largest absolute Gasteiger partial charge is 0.313 e. The van der Waals surface area contributed by atoms with Crippen LogP contribution in [0.4, 0.5) is 0 Å². The van der Waals surface area contributed by atoms with Crippen LogP contribution < -0.4 is 5.32 Å². The van der Waals surface area contributed by atoms with Crippen LogP contribution in [0.2, 0.25) is 0 Å². The van der Waals surface area contributed by atoms with Gasteiger partial charge < -0.3 is 10.2 Å². The average Bonchev–Trinajstić information content (AvgIpc) is 2.41. The van der Waals surface area contributed by atoms with Crippen LogP contribution >= 0.6 is 0 Å². The van der Waals surface area contributed by atoms with Crippen LogP contribution in [0.1, 0.15) is 44.6 Å². The SMILES string of the molecule is CCC(C)N(C)CCNC1CC(c2ccccc2)C1. The van der Waals surface area contributed by atoms with Gasteiger partial charge in [0.1, 0.15) is 0 Å². The van der Waals surface area contributed by atoms with Crippen LogP contribution in [0.5, 0.6) is 0 Å². The molecule has 0 aliphatic heterocycles. The third-order valence-electron chi connectivity index (χ3n) is 4.65. The molecule has 0 saturated heterocycles. The van der Waals surface area contributed by atoms with E-state index < -0.39 is 0 Å². The number of hydrogen-bond acceptors (Lipinski definition) is 2. The summed E-state index contributed by atoms with van der Waals surface area (Å²) in [6, 6.07) is 12.3. The molecule has 1 N–H and O–H groups in total. The van der Waals surface area contributed by atoms with Crippen molar-refractivity contribution in [1.82, 2.24) is 10.2 Å². The summed E-state index contributed by atoms with van der Waals surface area (Å²) in [7, 11) is 2.23. The molecule has 1 aromatic carbocycles. The normalized spacial score (nSPS) is 24.2. The molecular weight excluding hydrogens is 232 g/mol. The molecule has 1 aliphatic rings. The van der Waals surface area contributed by atoms with Crippen LogP contribution in [0.15, 0.2) is 30.3 Å². The Hall–Kier alpha value is -0.860. The molecule has 1 aliphatic carbocycles. The monoisotopic (exact) mass is 260 g/mol. The third kappa shape index (κ3) is 4.05. The summed E-state index contributed by atoms with van der Waals surface area (Å²) >= 11 is 0. The van der Waals surface area contributed by atoms with Gasteiger partial charge in [0.15, 0.2) is 0 Å². The fourth-order valence-electron chi connectivity index (χ4n) is 2.76. The van der Waals surface area contributed by atoms with Gasteiger partial charge in [-0.05, 0) is 44.7 Å². The Labute approximate surface area is 118 Å². The Morgan fingerprint density at radius 2 is 1.95 bits per heavy atom. The molecule has 0 heterocycles. The predicted molar refractivity (Wildman–Crippen MR) is 82.6 cm³/mol. The Bertz CT molecular complexity index is 357. The minimum atomic E-state index is 0.695. The van der Waals surface area contributed by atoms with Crippen LogP contribution in [-0.4, -0.2) is 37.1 Å². The Balaban J connectivity index is 1.61. The highest BCUT2D eigenvalue weighted by molar-refractivity contribution is 5.22. The van der Waals surface area contributed by atoms with Gasteiger partial charge in [0.05, 0.1) is 0 Å². The van der Waals surface area contributed by atoms with Crippen molar-refractivity contribution in [3.8, 4) is 0 Å². The molecule has 1 saturated carbocycles. The van der Waals surface area contributed by atoms with Crippen molar-refractivity contribution in [3.05, 3.63) is 35.9 Å². The van der Waals surface area contributed by atoms with Crippen molar-refractivity contribution in [3.63, 3.8) is 0 Å². The topological polar surface area (TPSA) is 15.3 Å². The van der Waals surface area contributed by atoms with Crippen LogP contribution in [0.25, 0.3) is 0 Å². The lowest BCUT2D eigenvalue weighted by atomic mass is 9.76. The minimum Gasteiger partial charge on any atom is -0.313 e. The maximum atomic E-state index is 3.69. The van der Waals surface area contributed by atoms with Crippen LogP contribution in [0.3, 0.4) is 0 Å². The number of nitrogens with one attached hydrogen (secondary N) is 1. The predicted octanol–water partition coefficient (Wildman–Crippen LogP) is 3.25. The summed E-state index contributed by atoms with van der Waals surface area (Å²) < 4.78 is 0. The summed E-state index contributed by atoms with van der Waals surface area (Å²) in [6.07, 6.45) is 3.84. The van der Waals surface area contributed by atoms with Crippen LogP contribution in [0, 0.1) is 0 Å². The van der Waals surface area contributed by atoms with Crippen molar-refractivity contribution in [2.45, 2.75) is 51.1 Å². The van der Waals surface area contributed by atoms with Crippen molar-refractivity contribution < 1.29 is 0 Å². The number of rotatable bonds is 7. The smallest absolute Gasteiger partial charge is 0.0107 e. The summed E-state index contributed by atoms with van der Waals surface area (Å²) in [5.41, 5.74) is 1.51. The molecular formula is C17H28N2. The molecule has 19 heavy (non-hydrogen) atoms. The quantitative estimate of drug-likeness (QED) is 0.809. The first kappa shape index (κ1) is 14.5. The van der Waals surface area contributed by atoms with E-state index in [2.05, 4.69) is 61.4 Å². The zero-order valence-electron chi connectivity index (χ0n) is 12.6. The highest BCUT2D eigenvalue weighted by atomic mass is 15.1. The summed E-state index contributed by atoms with van der Waals surface area (Å²) in [4.78, 5) is 2.44. The lowest BCUT2D eigenvalue weighted by Crippen LogP contribution is -2.44. The van der Waals surface area contributed by atoms with Gasteiger partial charge in [0, 0.05) is 25.2 Å². The van der Waals surface area contributed by atoms with E-state index in [1.54, 1.807) is 0 Å². The van der Waals surface area contributed by atoms with Gasteiger partial charge in [0.2, 0.25) is 0 Å². The van der Waals surface area contributed by atoms with E-state index in [0.29, 0.717) is 6.04 Å². The molecule has 1 fully saturated rings. The number of benzene rings is 1. The molecule has 106 valence electrons. The minimum absolute atomic E-state index is 0.695. The first-order valence-electron chi connectivity index (χ1n) is 7.69. The zero-order chi connectivity index (χ0) is 13.7. The Morgan fingerprint density at radius 1 is 1.26 bits per heavy atom. The highest BCUT2D eigenvalue weighted by Gasteiger charge is 2.29. The van der Waals surface area contributed by atoms with Gasteiger partial charge in [-0.1, -0.05) is 37.3 Å². The van der Waals surface area contributed by atoms with Crippen molar-refractivity contribution in [1.29, 1.82) is 0 Å². The van der Waals surface area contributed by atoms with Gasteiger partial charge in [-0.15, -0.1) is 0 Å². The van der Waals surface area contributed by atoms with Gasteiger partial charge in [-0.3, -0.25) is 0 Å². The van der Waals surface area contributed by atoms with Crippen molar-refractivity contribution in [2.75, 3.05) is 20.1 Å². The molecule has 0 spiro atoms. The second-order valence-corrected chi connectivity index (χ2v) is 5.97. The van der Waals surface area contributed by atoms with E-state index >= 15 is 0 Å². The lowest BCUT2D eigenvalue weighted by Gasteiger charge is -2.37. The molecule has 2 heteroatoms. The standard InChI is InChI=1S/C17H28N2/c1-4-14(2)19(3)11-10-18-17-12-16(13-17)15-8-6-5-7-9-15/h5-9,14,16-18H,4,10-13H2,1-3H3. The number of nitrogens with zero attached hydrogens (tertiary/aromatic N) is 1. The zero-order valence-corrected chi connectivity index (χ0v) is 12.6. The molecule has 1 aromatic rings. The third-order valence-corrected chi connectivity index (χ3v) is 4.65. The van der Waals surface area contributed by atoms with E-state index in [-0.39, 0.29) is 0 Å². The van der Waals surface area contributed by atoms with Crippen molar-refractivity contribution >= 4 is 0 Å². The Kier molecular flexibility index (Phi) is 5.41.